The number of aliphatic hydroxyl groups is 1. The van der Waals surface area contributed by atoms with Gasteiger partial charge < -0.3 is 5.11 Å². The monoisotopic (exact) mass is 223 g/mol. The smallest absolute Gasteiger partial charge is 0.278 e. The van der Waals surface area contributed by atoms with E-state index in [9.17, 15) is 15.2 Å². The highest BCUT2D eigenvalue weighted by molar-refractivity contribution is 5.59. The van der Waals surface area contributed by atoms with Gasteiger partial charge in [-0.15, -0.1) is 0 Å². The van der Waals surface area contributed by atoms with Crippen LogP contribution in [0.1, 0.15) is 40.8 Å². The molecule has 0 bridgehead atoms. The lowest BCUT2D eigenvalue weighted by molar-refractivity contribution is -0.386. The maximum Gasteiger partial charge on any atom is 0.278 e. The fourth-order valence-corrected chi connectivity index (χ4v) is 2.07. The molecule has 0 saturated carbocycles. The lowest BCUT2D eigenvalue weighted by Gasteiger charge is -2.16. The van der Waals surface area contributed by atoms with Gasteiger partial charge in [-0.1, -0.05) is 0 Å². The summed E-state index contributed by atoms with van der Waals surface area (Å²) in [6.45, 7) is 8.90. The van der Waals surface area contributed by atoms with Crippen molar-refractivity contribution in [2.24, 2.45) is 0 Å². The predicted octanol–water partition coefficient (Wildman–Crippen LogP) is 2.88. The molecule has 0 amide bonds. The second kappa shape index (κ2) is 4.22. The predicted molar refractivity (Wildman–Crippen MR) is 62.7 cm³/mol. The Kier molecular flexibility index (Phi) is 3.33. The molecule has 1 N–H and O–H groups in total. The zero-order chi connectivity index (χ0) is 12.6. The molecular formula is C12H17NO3. The molecule has 0 saturated heterocycles. The fourth-order valence-electron chi connectivity index (χ4n) is 2.07. The largest absolute Gasteiger partial charge is 0.388 e. The summed E-state index contributed by atoms with van der Waals surface area (Å²) in [5.74, 6) is 0. The van der Waals surface area contributed by atoms with E-state index >= 15 is 0 Å². The minimum absolute atomic E-state index is 0.0515. The Balaban J connectivity index is 3.76. The third kappa shape index (κ3) is 1.80. The molecule has 16 heavy (non-hydrogen) atoms. The lowest BCUT2D eigenvalue weighted by Crippen LogP contribution is -2.07. The van der Waals surface area contributed by atoms with Gasteiger partial charge in [-0.25, -0.2) is 0 Å². The Bertz CT molecular complexity index is 450. The summed E-state index contributed by atoms with van der Waals surface area (Å²) >= 11 is 0. The molecule has 1 aromatic rings. The van der Waals surface area contributed by atoms with E-state index in [4.69, 9.17) is 0 Å². The van der Waals surface area contributed by atoms with Crippen LogP contribution in [0.3, 0.4) is 0 Å². The zero-order valence-electron chi connectivity index (χ0n) is 10.3. The molecule has 4 nitrogen and oxygen atoms in total. The van der Waals surface area contributed by atoms with Crippen LogP contribution in [0.15, 0.2) is 0 Å². The topological polar surface area (TPSA) is 63.4 Å². The van der Waals surface area contributed by atoms with Gasteiger partial charge in [0, 0.05) is 5.56 Å². The molecule has 1 unspecified atom stereocenters. The van der Waals surface area contributed by atoms with Crippen molar-refractivity contribution in [3.05, 3.63) is 37.9 Å². The summed E-state index contributed by atoms with van der Waals surface area (Å²) in [6, 6.07) is 0. The van der Waals surface area contributed by atoms with E-state index in [1.54, 1.807) is 13.8 Å². The molecule has 0 spiro atoms. The SMILES string of the molecule is Cc1c(C)c(C)c([N+](=O)[O-])c(C(C)O)c1C. The Hall–Kier alpha value is -1.42. The summed E-state index contributed by atoms with van der Waals surface area (Å²) < 4.78 is 0. The van der Waals surface area contributed by atoms with Crippen molar-refractivity contribution in [2.45, 2.75) is 40.7 Å². The molecule has 1 atom stereocenters. The Labute approximate surface area is 95.1 Å². The first-order valence-electron chi connectivity index (χ1n) is 5.21. The first kappa shape index (κ1) is 12.6. The van der Waals surface area contributed by atoms with Crippen LogP contribution in [0.25, 0.3) is 0 Å². The van der Waals surface area contributed by atoms with Gasteiger partial charge in [0.2, 0.25) is 0 Å². The summed E-state index contributed by atoms with van der Waals surface area (Å²) in [5.41, 5.74) is 3.88. The van der Waals surface area contributed by atoms with E-state index in [0.717, 1.165) is 16.7 Å². The van der Waals surface area contributed by atoms with Crippen molar-refractivity contribution >= 4 is 5.69 Å². The normalized spacial score (nSPS) is 12.6. The average Bonchev–Trinajstić information content (AvgIpc) is 2.18. The maximum atomic E-state index is 11.1. The number of benzene rings is 1. The van der Waals surface area contributed by atoms with E-state index in [-0.39, 0.29) is 5.69 Å². The summed E-state index contributed by atoms with van der Waals surface area (Å²) in [6.07, 6.45) is -0.821. The lowest BCUT2D eigenvalue weighted by atomic mass is 9.90. The number of hydrogen-bond donors (Lipinski definition) is 1. The van der Waals surface area contributed by atoms with Crippen molar-refractivity contribution in [1.29, 1.82) is 0 Å². The van der Waals surface area contributed by atoms with Gasteiger partial charge in [-0.05, 0) is 51.3 Å². The van der Waals surface area contributed by atoms with Gasteiger partial charge in [0.1, 0.15) is 0 Å². The van der Waals surface area contributed by atoms with Crippen molar-refractivity contribution in [3.8, 4) is 0 Å². The number of rotatable bonds is 2. The van der Waals surface area contributed by atoms with E-state index < -0.39 is 11.0 Å². The summed E-state index contributed by atoms with van der Waals surface area (Å²) in [7, 11) is 0. The summed E-state index contributed by atoms with van der Waals surface area (Å²) in [4.78, 5) is 10.7. The van der Waals surface area contributed by atoms with Crippen LogP contribution in [0.5, 0.6) is 0 Å². The molecule has 0 aromatic heterocycles. The van der Waals surface area contributed by atoms with E-state index in [1.807, 2.05) is 20.8 Å². The first-order valence-corrected chi connectivity index (χ1v) is 5.21. The average molecular weight is 223 g/mol. The standard InChI is InChI=1S/C12H17NO3/c1-6-7(2)9(4)12(13(15)16)11(8(6)3)10(5)14/h10,14H,1-5H3. The molecule has 0 heterocycles. The maximum absolute atomic E-state index is 11.1. The Morgan fingerprint density at radius 2 is 1.50 bits per heavy atom. The van der Waals surface area contributed by atoms with Crippen molar-refractivity contribution in [1.82, 2.24) is 0 Å². The molecule has 0 radical (unpaired) electrons. The highest BCUT2D eigenvalue weighted by Crippen LogP contribution is 2.36. The van der Waals surface area contributed by atoms with Gasteiger partial charge in [-0.3, -0.25) is 10.1 Å². The third-order valence-electron chi connectivity index (χ3n) is 3.30. The third-order valence-corrected chi connectivity index (χ3v) is 3.30. The van der Waals surface area contributed by atoms with Crippen LogP contribution in [-0.2, 0) is 0 Å². The highest BCUT2D eigenvalue weighted by atomic mass is 16.6. The molecule has 4 heteroatoms. The number of hydrogen-bond acceptors (Lipinski definition) is 3. The van der Waals surface area contributed by atoms with Crippen molar-refractivity contribution in [3.63, 3.8) is 0 Å². The van der Waals surface area contributed by atoms with Gasteiger partial charge in [-0.2, -0.15) is 0 Å². The number of nitrogens with zero attached hydrogens (tertiary/aromatic N) is 1. The molecule has 1 rings (SSSR count). The molecule has 0 fully saturated rings. The van der Waals surface area contributed by atoms with Gasteiger partial charge >= 0.3 is 0 Å². The van der Waals surface area contributed by atoms with Gasteiger partial charge in [0.15, 0.2) is 0 Å². The Morgan fingerprint density at radius 1 is 1.06 bits per heavy atom. The minimum atomic E-state index is -0.821. The van der Waals surface area contributed by atoms with Crippen LogP contribution in [0.4, 0.5) is 5.69 Å². The molecule has 0 aliphatic heterocycles. The Morgan fingerprint density at radius 3 is 1.88 bits per heavy atom. The van der Waals surface area contributed by atoms with E-state index in [1.165, 1.54) is 0 Å². The number of nitro benzene ring substituents is 1. The van der Waals surface area contributed by atoms with Crippen LogP contribution < -0.4 is 0 Å². The number of aliphatic hydroxyl groups excluding tert-OH is 1. The van der Waals surface area contributed by atoms with Crippen LogP contribution in [0, 0.1) is 37.8 Å². The van der Waals surface area contributed by atoms with Gasteiger partial charge in [0.25, 0.3) is 5.69 Å². The van der Waals surface area contributed by atoms with Crippen LogP contribution >= 0.6 is 0 Å². The van der Waals surface area contributed by atoms with Crippen LogP contribution in [-0.4, -0.2) is 10.0 Å². The second-order valence-electron chi connectivity index (χ2n) is 4.20. The van der Waals surface area contributed by atoms with Gasteiger partial charge in [0.05, 0.1) is 16.6 Å². The molecule has 0 aliphatic rings. The number of nitro groups is 1. The van der Waals surface area contributed by atoms with E-state index in [0.29, 0.717) is 11.1 Å². The highest BCUT2D eigenvalue weighted by Gasteiger charge is 2.26. The van der Waals surface area contributed by atoms with Crippen molar-refractivity contribution < 1.29 is 10.0 Å². The summed E-state index contributed by atoms with van der Waals surface area (Å²) in [5, 5.41) is 20.7. The fraction of sp³-hybridized carbons (Fsp3) is 0.500. The molecule has 88 valence electrons. The molecule has 1 aromatic carbocycles. The first-order chi connectivity index (χ1) is 7.29. The zero-order valence-corrected chi connectivity index (χ0v) is 10.3. The van der Waals surface area contributed by atoms with E-state index in [2.05, 4.69) is 0 Å². The van der Waals surface area contributed by atoms with Crippen LogP contribution in [0.2, 0.25) is 0 Å². The van der Waals surface area contributed by atoms with Crippen molar-refractivity contribution in [2.75, 3.05) is 0 Å². The molecular weight excluding hydrogens is 206 g/mol. The molecule has 0 aliphatic carbocycles. The quantitative estimate of drug-likeness (QED) is 0.619. The second-order valence-corrected chi connectivity index (χ2v) is 4.20. The minimum Gasteiger partial charge on any atom is -0.388 e.